The number of nitrogens with zero attached hydrogens (tertiary/aromatic N) is 2. The minimum absolute atomic E-state index is 0.0289. The van der Waals surface area contributed by atoms with Crippen molar-refractivity contribution < 1.29 is 4.39 Å². The Hall–Kier alpha value is -2.17. The molecule has 2 nitrogen and oxygen atoms in total. The molecule has 0 saturated heterocycles. The number of hydrazone groups is 1. The molecule has 0 amide bonds. The quantitative estimate of drug-likeness (QED) is 0.570. The topological polar surface area (TPSA) is 15.6 Å². The molecule has 120 valence electrons. The highest BCUT2D eigenvalue weighted by Gasteiger charge is 2.30. The van der Waals surface area contributed by atoms with Gasteiger partial charge in [0.05, 0.1) is 22.3 Å². The van der Waals surface area contributed by atoms with Gasteiger partial charge in [-0.2, -0.15) is 5.10 Å². The lowest BCUT2D eigenvalue weighted by molar-refractivity contribution is 0.624. The summed E-state index contributed by atoms with van der Waals surface area (Å²) in [5.41, 5.74) is 3.01. The monoisotopic (exact) mass is 356 g/mol. The number of hydrogen-bond donors (Lipinski definition) is 0. The number of rotatable bonds is 3. The number of anilines is 1. The molecule has 5 heteroatoms. The molecule has 0 unspecified atom stereocenters. The SMILES string of the molecule is Fc1ccc([C@H]2CC(c3cccs3)=NN2c2cccc(Cl)c2)cc1. The Balaban J connectivity index is 1.76. The third-order valence-electron chi connectivity index (χ3n) is 4.04. The zero-order chi connectivity index (χ0) is 16.5. The van der Waals surface area contributed by atoms with Gasteiger partial charge in [0.1, 0.15) is 5.82 Å². The molecule has 1 aliphatic rings. The standard InChI is InChI=1S/C19H14ClFN2S/c20-14-3-1-4-16(11-14)23-18(13-6-8-15(21)9-7-13)12-17(22-23)19-5-2-10-24-19/h1-11,18H,12H2/t18-/m1/s1. The van der Waals surface area contributed by atoms with Crippen LogP contribution in [-0.2, 0) is 0 Å². The van der Waals surface area contributed by atoms with Crippen molar-refractivity contribution in [3.63, 3.8) is 0 Å². The fourth-order valence-corrected chi connectivity index (χ4v) is 3.81. The number of hydrogen-bond acceptors (Lipinski definition) is 3. The van der Waals surface area contributed by atoms with Gasteiger partial charge in [-0.15, -0.1) is 11.3 Å². The van der Waals surface area contributed by atoms with Crippen LogP contribution in [-0.4, -0.2) is 5.71 Å². The van der Waals surface area contributed by atoms with E-state index < -0.39 is 0 Å². The summed E-state index contributed by atoms with van der Waals surface area (Å²) in [7, 11) is 0. The van der Waals surface area contributed by atoms with Gasteiger partial charge in [-0.05, 0) is 47.3 Å². The molecule has 1 atom stereocenters. The largest absolute Gasteiger partial charge is 0.257 e. The van der Waals surface area contributed by atoms with Crippen LogP contribution < -0.4 is 5.01 Å². The second-order valence-corrected chi connectivity index (χ2v) is 7.00. The number of thiophene rings is 1. The van der Waals surface area contributed by atoms with E-state index in [1.54, 1.807) is 11.3 Å². The van der Waals surface area contributed by atoms with E-state index in [1.807, 2.05) is 52.9 Å². The lowest BCUT2D eigenvalue weighted by Gasteiger charge is -2.24. The third kappa shape index (κ3) is 2.95. The van der Waals surface area contributed by atoms with Crippen LogP contribution in [0.25, 0.3) is 0 Å². The molecular formula is C19H14ClFN2S. The van der Waals surface area contributed by atoms with E-state index in [-0.39, 0.29) is 11.9 Å². The van der Waals surface area contributed by atoms with Crippen LogP contribution in [0.1, 0.15) is 22.9 Å². The fraction of sp³-hybridized carbons (Fsp3) is 0.105. The summed E-state index contributed by atoms with van der Waals surface area (Å²) < 4.78 is 13.3. The van der Waals surface area contributed by atoms with Crippen molar-refractivity contribution >= 4 is 34.3 Å². The van der Waals surface area contributed by atoms with Crippen molar-refractivity contribution in [3.8, 4) is 0 Å². The summed E-state index contributed by atoms with van der Waals surface area (Å²) in [4.78, 5) is 1.16. The minimum Gasteiger partial charge on any atom is -0.257 e. The Kier molecular flexibility index (Phi) is 4.08. The first kappa shape index (κ1) is 15.4. The van der Waals surface area contributed by atoms with Gasteiger partial charge < -0.3 is 0 Å². The smallest absolute Gasteiger partial charge is 0.123 e. The second kappa shape index (κ2) is 6.38. The Morgan fingerprint density at radius 3 is 2.62 bits per heavy atom. The average molecular weight is 357 g/mol. The van der Waals surface area contributed by atoms with Gasteiger partial charge >= 0.3 is 0 Å². The lowest BCUT2D eigenvalue weighted by atomic mass is 10.0. The first-order chi connectivity index (χ1) is 11.7. The van der Waals surface area contributed by atoms with E-state index in [1.165, 1.54) is 12.1 Å². The van der Waals surface area contributed by atoms with Crippen LogP contribution >= 0.6 is 22.9 Å². The summed E-state index contributed by atoms with van der Waals surface area (Å²) in [5, 5.41) is 9.53. The lowest BCUT2D eigenvalue weighted by Crippen LogP contribution is -2.18. The van der Waals surface area contributed by atoms with Crippen LogP contribution in [0.3, 0.4) is 0 Å². The molecule has 2 heterocycles. The molecule has 1 aromatic heterocycles. The first-order valence-electron chi connectivity index (χ1n) is 7.62. The van der Waals surface area contributed by atoms with Crippen molar-refractivity contribution in [2.45, 2.75) is 12.5 Å². The molecule has 24 heavy (non-hydrogen) atoms. The predicted octanol–water partition coefficient (Wildman–Crippen LogP) is 5.90. The molecule has 0 radical (unpaired) electrons. The van der Waals surface area contributed by atoms with Gasteiger partial charge in [-0.25, -0.2) is 4.39 Å². The van der Waals surface area contributed by atoms with Crippen LogP contribution in [0.4, 0.5) is 10.1 Å². The molecule has 0 N–H and O–H groups in total. The van der Waals surface area contributed by atoms with Crippen molar-refractivity contribution in [1.82, 2.24) is 0 Å². The molecule has 0 spiro atoms. The summed E-state index contributed by atoms with van der Waals surface area (Å²) >= 11 is 7.83. The van der Waals surface area contributed by atoms with E-state index >= 15 is 0 Å². The normalized spacial score (nSPS) is 17.2. The van der Waals surface area contributed by atoms with Crippen molar-refractivity contribution in [3.05, 3.63) is 87.3 Å². The van der Waals surface area contributed by atoms with Gasteiger partial charge in [0.15, 0.2) is 0 Å². The zero-order valence-electron chi connectivity index (χ0n) is 12.7. The molecule has 3 aromatic rings. The van der Waals surface area contributed by atoms with Crippen LogP contribution in [0.2, 0.25) is 5.02 Å². The van der Waals surface area contributed by atoms with E-state index in [0.717, 1.165) is 28.3 Å². The summed E-state index contributed by atoms with van der Waals surface area (Å²) in [6.45, 7) is 0. The molecule has 1 aliphatic heterocycles. The van der Waals surface area contributed by atoms with Gasteiger partial charge in [-0.1, -0.05) is 35.9 Å². The second-order valence-electron chi connectivity index (χ2n) is 5.62. The van der Waals surface area contributed by atoms with Gasteiger partial charge in [0, 0.05) is 11.4 Å². The molecule has 4 rings (SSSR count). The van der Waals surface area contributed by atoms with E-state index in [9.17, 15) is 4.39 Å². The summed E-state index contributed by atoms with van der Waals surface area (Å²) in [6.07, 6.45) is 0.776. The molecule has 0 fully saturated rings. The number of benzene rings is 2. The zero-order valence-corrected chi connectivity index (χ0v) is 14.3. The van der Waals surface area contributed by atoms with Gasteiger partial charge in [0.25, 0.3) is 0 Å². The molecule has 0 saturated carbocycles. The van der Waals surface area contributed by atoms with Gasteiger partial charge in [0.2, 0.25) is 0 Å². The van der Waals surface area contributed by atoms with Crippen molar-refractivity contribution in [1.29, 1.82) is 0 Å². The minimum atomic E-state index is -0.231. The Morgan fingerprint density at radius 2 is 1.92 bits per heavy atom. The van der Waals surface area contributed by atoms with E-state index in [0.29, 0.717) is 5.02 Å². The number of halogens is 2. The maximum absolute atomic E-state index is 13.3. The summed E-state index contributed by atoms with van der Waals surface area (Å²) in [5.74, 6) is -0.231. The fourth-order valence-electron chi connectivity index (χ4n) is 2.90. The summed E-state index contributed by atoms with van der Waals surface area (Å²) in [6, 6.07) is 18.4. The maximum atomic E-state index is 13.3. The molecular weight excluding hydrogens is 343 g/mol. The van der Waals surface area contributed by atoms with Crippen LogP contribution in [0.15, 0.2) is 71.1 Å². The highest BCUT2D eigenvalue weighted by molar-refractivity contribution is 7.12. The molecule has 0 aliphatic carbocycles. The molecule has 0 bridgehead atoms. The molecule has 2 aromatic carbocycles. The van der Waals surface area contributed by atoms with Crippen LogP contribution in [0.5, 0.6) is 0 Å². The average Bonchev–Trinajstić information content (AvgIpc) is 3.25. The van der Waals surface area contributed by atoms with E-state index in [2.05, 4.69) is 6.07 Å². The highest BCUT2D eigenvalue weighted by atomic mass is 35.5. The predicted molar refractivity (Wildman–Crippen MR) is 98.5 cm³/mol. The Morgan fingerprint density at radius 1 is 1.08 bits per heavy atom. The maximum Gasteiger partial charge on any atom is 0.123 e. The van der Waals surface area contributed by atoms with Gasteiger partial charge in [-0.3, -0.25) is 5.01 Å². The Labute approximate surface area is 148 Å². The van der Waals surface area contributed by atoms with Crippen molar-refractivity contribution in [2.24, 2.45) is 5.10 Å². The Bertz CT molecular complexity index is 875. The highest BCUT2D eigenvalue weighted by Crippen LogP contribution is 2.38. The van der Waals surface area contributed by atoms with Crippen LogP contribution in [0, 0.1) is 5.82 Å². The van der Waals surface area contributed by atoms with Crippen molar-refractivity contribution in [2.75, 3.05) is 5.01 Å². The van der Waals surface area contributed by atoms with E-state index in [4.69, 9.17) is 16.7 Å². The third-order valence-corrected chi connectivity index (χ3v) is 5.20. The first-order valence-corrected chi connectivity index (χ1v) is 8.88.